The number of aryl methyl sites for hydroxylation is 1. The van der Waals surface area contributed by atoms with Gasteiger partial charge >= 0.3 is 0 Å². The van der Waals surface area contributed by atoms with Gasteiger partial charge in [0.2, 0.25) is 0 Å². The number of hydrogen-bond donors (Lipinski definition) is 3. The molecule has 6 heteroatoms. The number of carbonyl (C=O) groups excluding carboxylic acids is 1. The van der Waals surface area contributed by atoms with Crippen LogP contribution in [-0.4, -0.2) is 38.3 Å². The van der Waals surface area contributed by atoms with Crippen molar-refractivity contribution in [1.29, 1.82) is 0 Å². The lowest BCUT2D eigenvalue weighted by Gasteiger charge is -2.24. The molecular weight excluding hydrogens is 304 g/mol. The molecule has 0 radical (unpaired) electrons. The Balaban J connectivity index is 2.00. The molecule has 1 heterocycles. The van der Waals surface area contributed by atoms with Gasteiger partial charge in [-0.25, -0.2) is 4.98 Å². The van der Waals surface area contributed by atoms with Crippen LogP contribution in [0, 0.1) is 12.8 Å². The van der Waals surface area contributed by atoms with Crippen molar-refractivity contribution in [3.05, 3.63) is 35.7 Å². The third-order valence-electron chi connectivity index (χ3n) is 3.87. The summed E-state index contributed by atoms with van der Waals surface area (Å²) in [6.45, 7) is 8.03. The molecule has 1 aromatic heterocycles. The summed E-state index contributed by atoms with van der Waals surface area (Å²) < 4.78 is 0. The molecule has 0 saturated carbocycles. The first-order chi connectivity index (χ1) is 11.3. The first-order valence-electron chi connectivity index (χ1n) is 8.27. The van der Waals surface area contributed by atoms with E-state index in [1.54, 1.807) is 25.1 Å². The van der Waals surface area contributed by atoms with Crippen molar-refractivity contribution in [2.45, 2.75) is 46.1 Å². The fourth-order valence-electron chi connectivity index (χ4n) is 2.33. The van der Waals surface area contributed by atoms with E-state index in [1.165, 1.54) is 0 Å². The molecule has 1 amide bonds. The molecule has 0 bridgehead atoms. The Morgan fingerprint density at radius 3 is 2.79 bits per heavy atom. The van der Waals surface area contributed by atoms with Gasteiger partial charge in [0.25, 0.3) is 5.91 Å². The lowest BCUT2D eigenvalue weighted by molar-refractivity contribution is 0.0429. The van der Waals surface area contributed by atoms with Crippen LogP contribution < -0.4 is 5.32 Å². The summed E-state index contributed by atoms with van der Waals surface area (Å²) >= 11 is 0. The molecule has 2 rings (SSSR count). The van der Waals surface area contributed by atoms with Crippen LogP contribution in [0.1, 0.15) is 49.8 Å². The Hall–Kier alpha value is -2.21. The van der Waals surface area contributed by atoms with Crippen LogP contribution in [0.2, 0.25) is 0 Å². The first kappa shape index (κ1) is 18.1. The van der Waals surface area contributed by atoms with Gasteiger partial charge in [-0.15, -0.1) is 0 Å². The third kappa shape index (κ3) is 5.16. The van der Waals surface area contributed by atoms with Crippen molar-refractivity contribution in [2.24, 2.45) is 5.92 Å². The molecule has 130 valence electrons. The number of aliphatic hydroxyl groups is 1. The van der Waals surface area contributed by atoms with Crippen LogP contribution in [0.5, 0.6) is 0 Å². The van der Waals surface area contributed by atoms with E-state index in [1.807, 2.05) is 13.0 Å². The molecule has 0 fully saturated rings. The van der Waals surface area contributed by atoms with Crippen molar-refractivity contribution in [3.63, 3.8) is 0 Å². The Kier molecular flexibility index (Phi) is 5.72. The van der Waals surface area contributed by atoms with Crippen LogP contribution in [0.25, 0.3) is 11.4 Å². The largest absolute Gasteiger partial charge is 0.388 e. The van der Waals surface area contributed by atoms with Crippen molar-refractivity contribution in [1.82, 2.24) is 20.5 Å². The van der Waals surface area contributed by atoms with Gasteiger partial charge in [0.15, 0.2) is 5.82 Å². The predicted molar refractivity (Wildman–Crippen MR) is 93.6 cm³/mol. The van der Waals surface area contributed by atoms with Crippen LogP contribution in [0.4, 0.5) is 0 Å². The quantitative estimate of drug-likeness (QED) is 0.728. The van der Waals surface area contributed by atoms with E-state index in [0.717, 1.165) is 17.8 Å². The topological polar surface area (TPSA) is 90.9 Å². The fraction of sp³-hybridized carbons (Fsp3) is 0.500. The molecule has 24 heavy (non-hydrogen) atoms. The number of benzene rings is 1. The van der Waals surface area contributed by atoms with Crippen LogP contribution in [0.3, 0.4) is 0 Å². The minimum atomic E-state index is -0.904. The molecule has 1 aromatic carbocycles. The Bertz CT molecular complexity index is 692. The van der Waals surface area contributed by atoms with Crippen molar-refractivity contribution in [3.8, 4) is 11.4 Å². The van der Waals surface area contributed by atoms with E-state index in [9.17, 15) is 9.90 Å². The van der Waals surface area contributed by atoms with E-state index in [-0.39, 0.29) is 12.5 Å². The maximum absolute atomic E-state index is 12.3. The van der Waals surface area contributed by atoms with Crippen LogP contribution in [0.15, 0.2) is 24.3 Å². The van der Waals surface area contributed by atoms with E-state index < -0.39 is 5.60 Å². The number of hydrogen-bond acceptors (Lipinski definition) is 4. The molecule has 3 N–H and O–H groups in total. The summed E-state index contributed by atoms with van der Waals surface area (Å²) in [6, 6.07) is 7.15. The summed E-state index contributed by atoms with van der Waals surface area (Å²) in [5.41, 5.74) is 0.395. The molecule has 6 nitrogen and oxygen atoms in total. The van der Waals surface area contributed by atoms with Gasteiger partial charge in [0, 0.05) is 17.7 Å². The molecular formula is C18H26N4O2. The van der Waals surface area contributed by atoms with E-state index >= 15 is 0 Å². The number of amides is 1. The molecule has 0 aliphatic heterocycles. The standard InChI is InChI=1S/C18H26N4O2/c1-12(2)8-9-18(4,24)11-19-17(23)15-7-5-6-14(10-15)16-20-13(3)21-22-16/h5-7,10,12,24H,8-9,11H2,1-4H3,(H,19,23)(H,20,21,22). The van der Waals surface area contributed by atoms with Crippen molar-refractivity contribution in [2.75, 3.05) is 6.54 Å². The summed E-state index contributed by atoms with van der Waals surface area (Å²) in [7, 11) is 0. The second kappa shape index (κ2) is 7.57. The smallest absolute Gasteiger partial charge is 0.251 e. The first-order valence-corrected chi connectivity index (χ1v) is 8.27. The summed E-state index contributed by atoms with van der Waals surface area (Å²) in [4.78, 5) is 16.6. The van der Waals surface area contributed by atoms with Gasteiger partial charge in [0.1, 0.15) is 5.82 Å². The van der Waals surface area contributed by atoms with Gasteiger partial charge in [-0.2, -0.15) is 5.10 Å². The highest BCUT2D eigenvalue weighted by Crippen LogP contribution is 2.18. The van der Waals surface area contributed by atoms with Gasteiger partial charge in [-0.3, -0.25) is 9.89 Å². The lowest BCUT2D eigenvalue weighted by atomic mass is 9.95. The van der Waals surface area contributed by atoms with Gasteiger partial charge in [-0.1, -0.05) is 26.0 Å². The highest BCUT2D eigenvalue weighted by molar-refractivity contribution is 5.95. The molecule has 1 atom stereocenters. The minimum absolute atomic E-state index is 0.214. The van der Waals surface area contributed by atoms with Crippen LogP contribution >= 0.6 is 0 Å². The molecule has 2 aromatic rings. The number of carbonyl (C=O) groups is 1. The zero-order valence-corrected chi connectivity index (χ0v) is 14.8. The average molecular weight is 330 g/mol. The second-order valence-corrected chi connectivity index (χ2v) is 6.94. The van der Waals surface area contributed by atoms with E-state index in [2.05, 4.69) is 34.3 Å². The van der Waals surface area contributed by atoms with Crippen molar-refractivity contribution < 1.29 is 9.90 Å². The summed E-state index contributed by atoms with van der Waals surface area (Å²) in [5.74, 6) is 1.59. The molecule has 0 spiro atoms. The SMILES string of the molecule is Cc1nc(-c2cccc(C(=O)NCC(C)(O)CCC(C)C)c2)n[nH]1. The highest BCUT2D eigenvalue weighted by atomic mass is 16.3. The average Bonchev–Trinajstić information content (AvgIpc) is 2.98. The van der Waals surface area contributed by atoms with Gasteiger partial charge in [0.05, 0.1) is 5.60 Å². The van der Waals surface area contributed by atoms with Crippen LogP contribution in [-0.2, 0) is 0 Å². The zero-order valence-electron chi connectivity index (χ0n) is 14.8. The molecule has 0 saturated heterocycles. The normalized spacial score (nSPS) is 13.8. The van der Waals surface area contributed by atoms with Gasteiger partial charge in [-0.05, 0) is 44.7 Å². The fourth-order valence-corrected chi connectivity index (χ4v) is 2.33. The number of aromatic amines is 1. The number of aromatic nitrogens is 3. The predicted octanol–water partition coefficient (Wildman–Crippen LogP) is 2.70. The Morgan fingerprint density at radius 1 is 1.42 bits per heavy atom. The highest BCUT2D eigenvalue weighted by Gasteiger charge is 2.22. The molecule has 0 aliphatic carbocycles. The maximum atomic E-state index is 12.3. The summed E-state index contributed by atoms with van der Waals surface area (Å²) in [5, 5.41) is 20.1. The van der Waals surface area contributed by atoms with Crippen molar-refractivity contribution >= 4 is 5.91 Å². The monoisotopic (exact) mass is 330 g/mol. The minimum Gasteiger partial charge on any atom is -0.388 e. The van der Waals surface area contributed by atoms with E-state index in [4.69, 9.17) is 0 Å². The second-order valence-electron chi connectivity index (χ2n) is 6.94. The number of H-pyrrole nitrogens is 1. The molecule has 0 aliphatic rings. The Labute approximate surface area is 142 Å². The number of rotatable bonds is 7. The Morgan fingerprint density at radius 2 is 2.17 bits per heavy atom. The number of nitrogens with one attached hydrogen (secondary N) is 2. The number of nitrogens with zero attached hydrogens (tertiary/aromatic N) is 2. The zero-order chi connectivity index (χ0) is 17.7. The molecule has 1 unspecified atom stereocenters. The lowest BCUT2D eigenvalue weighted by Crippen LogP contribution is -2.40. The van der Waals surface area contributed by atoms with Gasteiger partial charge < -0.3 is 10.4 Å². The maximum Gasteiger partial charge on any atom is 0.251 e. The summed E-state index contributed by atoms with van der Waals surface area (Å²) in [6.07, 6.45) is 1.57. The van der Waals surface area contributed by atoms with E-state index in [0.29, 0.717) is 23.7 Å². The third-order valence-corrected chi connectivity index (χ3v) is 3.87.